The SMILES string of the molecule is NC(/C=C\Nc1ccnc(F)c1)=NC(=O)Cn1nccn1. The van der Waals surface area contributed by atoms with Crippen LogP contribution in [0.25, 0.3) is 0 Å². The number of anilines is 1. The quantitative estimate of drug-likeness (QED) is 0.466. The molecule has 0 bridgehead atoms. The summed E-state index contributed by atoms with van der Waals surface area (Å²) < 4.78 is 12.8. The zero-order chi connectivity index (χ0) is 15.1. The van der Waals surface area contributed by atoms with Crippen molar-refractivity contribution in [3.63, 3.8) is 0 Å². The second kappa shape index (κ2) is 6.89. The number of carbonyl (C=O) groups excluding carboxylic acids is 1. The van der Waals surface area contributed by atoms with Gasteiger partial charge >= 0.3 is 0 Å². The topological polar surface area (TPSA) is 111 Å². The van der Waals surface area contributed by atoms with Gasteiger partial charge in [-0.25, -0.2) is 4.98 Å². The summed E-state index contributed by atoms with van der Waals surface area (Å²) in [6.45, 7) is -0.0927. The lowest BCUT2D eigenvalue weighted by atomic mass is 10.4. The number of hydrogen-bond donors (Lipinski definition) is 2. The fraction of sp³-hybridized carbons (Fsp3) is 0.0833. The normalized spacial score (nSPS) is 11.8. The minimum Gasteiger partial charge on any atom is -0.384 e. The molecule has 2 rings (SSSR count). The van der Waals surface area contributed by atoms with Crippen LogP contribution >= 0.6 is 0 Å². The molecule has 108 valence electrons. The summed E-state index contributed by atoms with van der Waals surface area (Å²) in [5.41, 5.74) is 6.06. The van der Waals surface area contributed by atoms with Crippen molar-refractivity contribution in [1.82, 2.24) is 20.0 Å². The Morgan fingerprint density at radius 3 is 2.90 bits per heavy atom. The number of nitrogens with two attached hydrogens (primary N) is 1. The summed E-state index contributed by atoms with van der Waals surface area (Å²) in [6, 6.07) is 2.79. The highest BCUT2D eigenvalue weighted by molar-refractivity contribution is 5.99. The zero-order valence-corrected chi connectivity index (χ0v) is 10.8. The van der Waals surface area contributed by atoms with E-state index in [1.807, 2.05) is 0 Å². The van der Waals surface area contributed by atoms with Crippen molar-refractivity contribution in [3.05, 3.63) is 48.9 Å². The number of nitrogens with zero attached hydrogens (tertiary/aromatic N) is 5. The third kappa shape index (κ3) is 4.82. The number of halogens is 1. The fourth-order valence-electron chi connectivity index (χ4n) is 1.38. The molecular formula is C12H12FN7O. The lowest BCUT2D eigenvalue weighted by Crippen LogP contribution is -2.16. The molecule has 2 aromatic rings. The van der Waals surface area contributed by atoms with Gasteiger partial charge in [-0.15, -0.1) is 0 Å². The first-order chi connectivity index (χ1) is 10.1. The van der Waals surface area contributed by atoms with E-state index in [1.165, 1.54) is 41.7 Å². The maximum Gasteiger partial charge on any atom is 0.271 e. The first-order valence-corrected chi connectivity index (χ1v) is 5.89. The molecule has 0 fully saturated rings. The van der Waals surface area contributed by atoms with Gasteiger partial charge in [-0.2, -0.15) is 24.4 Å². The van der Waals surface area contributed by atoms with Gasteiger partial charge in [0.2, 0.25) is 5.95 Å². The fourth-order valence-corrected chi connectivity index (χ4v) is 1.38. The summed E-state index contributed by atoms with van der Waals surface area (Å²) in [6.07, 6.45) is 7.05. The van der Waals surface area contributed by atoms with Crippen molar-refractivity contribution in [2.75, 3.05) is 5.32 Å². The average Bonchev–Trinajstić information content (AvgIpc) is 2.91. The Morgan fingerprint density at radius 1 is 1.43 bits per heavy atom. The van der Waals surface area contributed by atoms with Crippen LogP contribution in [0.1, 0.15) is 0 Å². The smallest absolute Gasteiger partial charge is 0.271 e. The summed E-state index contributed by atoms with van der Waals surface area (Å²) in [5, 5.41) is 10.3. The van der Waals surface area contributed by atoms with Gasteiger partial charge in [0.1, 0.15) is 12.4 Å². The number of rotatable bonds is 5. The number of nitrogens with one attached hydrogen (secondary N) is 1. The Hall–Kier alpha value is -3.10. The number of amides is 1. The van der Waals surface area contributed by atoms with Gasteiger partial charge in [0.15, 0.2) is 0 Å². The largest absolute Gasteiger partial charge is 0.384 e. The average molecular weight is 289 g/mol. The van der Waals surface area contributed by atoms with Crippen LogP contribution in [0.4, 0.5) is 10.1 Å². The van der Waals surface area contributed by atoms with Gasteiger partial charge in [0, 0.05) is 24.2 Å². The van der Waals surface area contributed by atoms with E-state index < -0.39 is 11.9 Å². The molecule has 2 aromatic heterocycles. The highest BCUT2D eigenvalue weighted by atomic mass is 19.1. The Kier molecular flexibility index (Phi) is 4.70. The van der Waals surface area contributed by atoms with E-state index in [0.717, 1.165) is 0 Å². The first kappa shape index (κ1) is 14.3. The van der Waals surface area contributed by atoms with Gasteiger partial charge in [0.25, 0.3) is 5.91 Å². The molecule has 1 amide bonds. The minimum absolute atomic E-state index is 0.00850. The number of carbonyl (C=O) groups is 1. The molecule has 0 atom stereocenters. The van der Waals surface area contributed by atoms with Crippen LogP contribution in [0.15, 0.2) is 48.0 Å². The molecule has 0 spiro atoms. The predicted molar refractivity (Wildman–Crippen MR) is 73.6 cm³/mol. The third-order valence-corrected chi connectivity index (χ3v) is 2.23. The van der Waals surface area contributed by atoms with Gasteiger partial charge in [-0.1, -0.05) is 0 Å². The number of pyridine rings is 1. The first-order valence-electron chi connectivity index (χ1n) is 5.89. The molecule has 0 aliphatic carbocycles. The van der Waals surface area contributed by atoms with Gasteiger partial charge in [0.05, 0.1) is 12.4 Å². The summed E-state index contributed by atoms with van der Waals surface area (Å²) >= 11 is 0. The van der Waals surface area contributed by atoms with Gasteiger partial charge in [-0.3, -0.25) is 4.79 Å². The maximum absolute atomic E-state index is 12.8. The van der Waals surface area contributed by atoms with Crippen LogP contribution in [0.2, 0.25) is 0 Å². The highest BCUT2D eigenvalue weighted by Crippen LogP contribution is 2.05. The maximum atomic E-state index is 12.8. The Labute approximate surface area is 119 Å². The van der Waals surface area contributed by atoms with Crippen molar-refractivity contribution < 1.29 is 9.18 Å². The van der Waals surface area contributed by atoms with E-state index in [9.17, 15) is 9.18 Å². The van der Waals surface area contributed by atoms with Crippen LogP contribution in [-0.4, -0.2) is 31.7 Å². The van der Waals surface area contributed by atoms with E-state index in [4.69, 9.17) is 5.73 Å². The van der Waals surface area contributed by atoms with E-state index in [2.05, 4.69) is 25.5 Å². The standard InChI is InChI=1S/C12H12FN7O/c13-10-7-9(1-3-16-10)15-4-2-11(14)19-12(21)8-20-17-5-6-18-20/h1-7H,8H2,(H,15,16)(H2,14,19,21)/b4-2-. The van der Waals surface area contributed by atoms with Crippen LogP contribution in [0.5, 0.6) is 0 Å². The number of aliphatic imine (C=N–C) groups is 1. The Morgan fingerprint density at radius 2 is 2.19 bits per heavy atom. The molecule has 2 heterocycles. The number of aromatic nitrogens is 4. The second-order valence-corrected chi connectivity index (χ2v) is 3.83. The molecule has 8 nitrogen and oxygen atoms in total. The second-order valence-electron chi connectivity index (χ2n) is 3.83. The van der Waals surface area contributed by atoms with Crippen LogP contribution in [-0.2, 0) is 11.3 Å². The van der Waals surface area contributed by atoms with Crippen molar-refractivity contribution >= 4 is 17.4 Å². The molecule has 0 radical (unpaired) electrons. The van der Waals surface area contributed by atoms with E-state index in [0.29, 0.717) is 5.69 Å². The zero-order valence-electron chi connectivity index (χ0n) is 10.8. The van der Waals surface area contributed by atoms with Crippen molar-refractivity contribution in [2.45, 2.75) is 6.54 Å². The van der Waals surface area contributed by atoms with E-state index in [1.54, 1.807) is 6.07 Å². The number of hydrogen-bond acceptors (Lipinski definition) is 5. The molecule has 21 heavy (non-hydrogen) atoms. The van der Waals surface area contributed by atoms with Gasteiger partial charge in [-0.05, 0) is 12.1 Å². The predicted octanol–water partition coefficient (Wildman–Crippen LogP) is 0.322. The molecule has 3 N–H and O–H groups in total. The molecule has 0 aliphatic heterocycles. The van der Waals surface area contributed by atoms with Crippen molar-refractivity contribution in [2.24, 2.45) is 10.7 Å². The van der Waals surface area contributed by atoms with E-state index in [-0.39, 0.29) is 12.4 Å². The number of amidine groups is 1. The molecule has 0 aliphatic rings. The van der Waals surface area contributed by atoms with Crippen molar-refractivity contribution in [1.29, 1.82) is 0 Å². The molecule has 0 unspecified atom stereocenters. The third-order valence-electron chi connectivity index (χ3n) is 2.23. The lowest BCUT2D eigenvalue weighted by molar-refractivity contribution is -0.118. The van der Waals surface area contributed by atoms with Gasteiger partial charge < -0.3 is 11.1 Å². The summed E-state index contributed by atoms with van der Waals surface area (Å²) in [7, 11) is 0. The molecule has 0 saturated carbocycles. The highest BCUT2D eigenvalue weighted by Gasteiger charge is 2.02. The lowest BCUT2D eigenvalue weighted by Gasteiger charge is -1.99. The summed E-state index contributed by atoms with van der Waals surface area (Å²) in [4.78, 5) is 19.8. The van der Waals surface area contributed by atoms with Crippen LogP contribution in [0, 0.1) is 5.95 Å². The Bertz CT molecular complexity index is 666. The Balaban J connectivity index is 1.88. The van der Waals surface area contributed by atoms with Crippen LogP contribution < -0.4 is 11.1 Å². The monoisotopic (exact) mass is 289 g/mol. The molecule has 9 heteroatoms. The minimum atomic E-state index is -0.600. The molecule has 0 aromatic carbocycles. The van der Waals surface area contributed by atoms with Crippen LogP contribution in [0.3, 0.4) is 0 Å². The van der Waals surface area contributed by atoms with Crippen molar-refractivity contribution in [3.8, 4) is 0 Å². The summed E-state index contributed by atoms with van der Waals surface area (Å²) in [5.74, 6) is -1.07. The molecular weight excluding hydrogens is 277 g/mol. The molecule has 0 saturated heterocycles. The van der Waals surface area contributed by atoms with E-state index >= 15 is 0 Å².